The van der Waals surface area contributed by atoms with Gasteiger partial charge in [0, 0.05) is 37.6 Å². The number of anilines is 2. The number of benzene rings is 1. The molecule has 0 aliphatic carbocycles. The zero-order chi connectivity index (χ0) is 23.5. The number of rotatable bonds is 5. The van der Waals surface area contributed by atoms with Gasteiger partial charge in [0.25, 0.3) is 0 Å². The van der Waals surface area contributed by atoms with Gasteiger partial charge in [-0.3, -0.25) is 0 Å². The summed E-state index contributed by atoms with van der Waals surface area (Å²) < 4.78 is 47.2. The van der Waals surface area contributed by atoms with E-state index in [4.69, 9.17) is 10.5 Å². The van der Waals surface area contributed by atoms with Gasteiger partial charge in [-0.15, -0.1) is 0 Å². The van der Waals surface area contributed by atoms with E-state index in [0.29, 0.717) is 30.3 Å². The fraction of sp³-hybridized carbons (Fsp3) is 0.238. The molecule has 0 unspecified atom stereocenters. The van der Waals surface area contributed by atoms with E-state index in [9.17, 15) is 23.1 Å². The number of hydrogen-bond donors (Lipinski definition) is 3. The summed E-state index contributed by atoms with van der Waals surface area (Å²) in [5, 5.41) is 12.3. The van der Waals surface area contributed by atoms with Gasteiger partial charge < -0.3 is 25.8 Å². The molecule has 0 spiro atoms. The number of carboxylic acid groups (broad SMARTS) is 1. The van der Waals surface area contributed by atoms with Crippen LogP contribution in [0.4, 0.5) is 29.6 Å². The number of ether oxygens (including phenoxy) is 1. The van der Waals surface area contributed by atoms with Gasteiger partial charge in [-0.25, -0.2) is 28.5 Å². The molecule has 0 bridgehead atoms. The number of halogens is 3. The van der Waals surface area contributed by atoms with Crippen molar-refractivity contribution in [2.24, 2.45) is 0 Å². The van der Waals surface area contributed by atoms with Crippen LogP contribution in [0.25, 0.3) is 11.3 Å². The lowest BCUT2D eigenvalue weighted by atomic mass is 10.1. The van der Waals surface area contributed by atoms with E-state index < -0.39 is 35.0 Å². The van der Waals surface area contributed by atoms with Crippen LogP contribution in [0.3, 0.4) is 0 Å². The normalized spacial score (nSPS) is 15.8. The standard InChI is InChI=1S/C21H19F3N6O3/c22-13-9-15(16(23)17(24)18(13)25)33-19-12(4-1-6-26-19)14-5-7-27-20(29-14)28-11-3-2-8-30(10-11)21(31)32/h1,4-7,9,11H,2-3,8,10,25H2,(H,31,32)(H,27,28,29)/t11-/m0/s1. The van der Waals surface area contributed by atoms with E-state index in [0.717, 1.165) is 6.42 Å². The highest BCUT2D eigenvalue weighted by molar-refractivity contribution is 5.66. The minimum Gasteiger partial charge on any atom is -0.465 e. The average molecular weight is 460 g/mol. The number of carbonyl (C=O) groups is 1. The van der Waals surface area contributed by atoms with Crippen LogP contribution in [-0.2, 0) is 0 Å². The maximum absolute atomic E-state index is 14.2. The molecule has 0 saturated carbocycles. The largest absolute Gasteiger partial charge is 0.465 e. The molecule has 1 amide bonds. The number of piperidine rings is 1. The Kier molecular flexibility index (Phi) is 6.16. The predicted molar refractivity (Wildman–Crippen MR) is 112 cm³/mol. The van der Waals surface area contributed by atoms with E-state index in [1.54, 1.807) is 18.2 Å². The number of likely N-dealkylation sites (tertiary alicyclic amines) is 1. The molecule has 1 aliphatic rings. The molecule has 12 heteroatoms. The summed E-state index contributed by atoms with van der Waals surface area (Å²) in [5.41, 5.74) is 4.88. The molecular formula is C21H19F3N6O3. The summed E-state index contributed by atoms with van der Waals surface area (Å²) in [7, 11) is 0. The first-order chi connectivity index (χ1) is 15.8. The van der Waals surface area contributed by atoms with Gasteiger partial charge in [0.2, 0.25) is 17.6 Å². The van der Waals surface area contributed by atoms with Crippen molar-refractivity contribution in [3.05, 3.63) is 54.1 Å². The van der Waals surface area contributed by atoms with Gasteiger partial charge in [-0.05, 0) is 31.0 Å². The van der Waals surface area contributed by atoms with Gasteiger partial charge in [0.05, 0.1) is 11.3 Å². The van der Waals surface area contributed by atoms with E-state index >= 15 is 0 Å². The first-order valence-corrected chi connectivity index (χ1v) is 9.97. The van der Waals surface area contributed by atoms with Crippen molar-refractivity contribution in [3.63, 3.8) is 0 Å². The highest BCUT2D eigenvalue weighted by Crippen LogP contribution is 2.34. The third-order valence-corrected chi connectivity index (χ3v) is 5.10. The highest BCUT2D eigenvalue weighted by atomic mass is 19.2. The lowest BCUT2D eigenvalue weighted by Crippen LogP contribution is -2.44. The Hall–Kier alpha value is -4.09. The Labute approximate surface area is 186 Å². The fourth-order valence-corrected chi connectivity index (χ4v) is 3.46. The molecule has 9 nitrogen and oxygen atoms in total. The minimum absolute atomic E-state index is 0.139. The third kappa shape index (κ3) is 4.73. The third-order valence-electron chi connectivity index (χ3n) is 5.10. The lowest BCUT2D eigenvalue weighted by molar-refractivity contribution is 0.132. The number of nitrogens with zero attached hydrogens (tertiary/aromatic N) is 4. The average Bonchev–Trinajstić information content (AvgIpc) is 2.82. The van der Waals surface area contributed by atoms with Crippen LogP contribution < -0.4 is 15.8 Å². The van der Waals surface area contributed by atoms with Gasteiger partial charge >= 0.3 is 6.09 Å². The summed E-state index contributed by atoms with van der Waals surface area (Å²) in [6.07, 6.45) is 3.29. The summed E-state index contributed by atoms with van der Waals surface area (Å²) in [4.78, 5) is 25.2. The van der Waals surface area contributed by atoms with Crippen LogP contribution in [0.1, 0.15) is 12.8 Å². The van der Waals surface area contributed by atoms with Crippen molar-refractivity contribution in [1.29, 1.82) is 0 Å². The van der Waals surface area contributed by atoms with Crippen LogP contribution in [0.5, 0.6) is 11.6 Å². The zero-order valence-corrected chi connectivity index (χ0v) is 17.1. The second-order valence-electron chi connectivity index (χ2n) is 7.33. The zero-order valence-electron chi connectivity index (χ0n) is 17.1. The Morgan fingerprint density at radius 3 is 2.82 bits per heavy atom. The number of amides is 1. The van der Waals surface area contributed by atoms with Crippen LogP contribution >= 0.6 is 0 Å². The van der Waals surface area contributed by atoms with Crippen molar-refractivity contribution in [2.75, 3.05) is 24.1 Å². The molecule has 4 rings (SSSR count). The molecule has 3 aromatic rings. The molecule has 1 saturated heterocycles. The van der Waals surface area contributed by atoms with Gasteiger partial charge in [0.1, 0.15) is 5.69 Å². The summed E-state index contributed by atoms with van der Waals surface area (Å²) in [5.74, 6) is -4.79. The maximum Gasteiger partial charge on any atom is 0.407 e. The smallest absolute Gasteiger partial charge is 0.407 e. The molecule has 1 aliphatic heterocycles. The predicted octanol–water partition coefficient (Wildman–Crippen LogP) is 3.88. The minimum atomic E-state index is -1.56. The van der Waals surface area contributed by atoms with E-state index in [2.05, 4.69) is 20.3 Å². The van der Waals surface area contributed by atoms with Crippen LogP contribution in [0.15, 0.2) is 36.7 Å². The Morgan fingerprint density at radius 2 is 2.03 bits per heavy atom. The molecule has 172 valence electrons. The monoisotopic (exact) mass is 460 g/mol. The van der Waals surface area contributed by atoms with E-state index in [-0.39, 0.29) is 24.4 Å². The number of nitrogens with one attached hydrogen (secondary N) is 1. The first kappa shape index (κ1) is 22.1. The molecule has 4 N–H and O–H groups in total. The summed E-state index contributed by atoms with van der Waals surface area (Å²) >= 11 is 0. The number of nitrogen functional groups attached to an aromatic ring is 1. The van der Waals surface area contributed by atoms with Gasteiger partial charge in [-0.2, -0.15) is 4.39 Å². The number of pyridine rings is 1. The quantitative estimate of drug-likeness (QED) is 0.387. The Balaban J connectivity index is 1.59. The van der Waals surface area contributed by atoms with Crippen molar-refractivity contribution < 1.29 is 27.8 Å². The second-order valence-corrected chi connectivity index (χ2v) is 7.33. The lowest BCUT2D eigenvalue weighted by Gasteiger charge is -2.31. The van der Waals surface area contributed by atoms with Crippen molar-refractivity contribution in [2.45, 2.75) is 18.9 Å². The molecule has 1 atom stereocenters. The number of aromatic nitrogens is 3. The fourth-order valence-electron chi connectivity index (χ4n) is 3.46. The molecule has 1 aromatic carbocycles. The Morgan fingerprint density at radius 1 is 1.21 bits per heavy atom. The summed E-state index contributed by atoms with van der Waals surface area (Å²) in [6.45, 7) is 0.755. The van der Waals surface area contributed by atoms with Crippen LogP contribution in [0, 0.1) is 17.5 Å². The maximum atomic E-state index is 14.2. The Bertz CT molecular complexity index is 1200. The van der Waals surface area contributed by atoms with E-state index in [1.807, 2.05) is 0 Å². The number of nitrogens with two attached hydrogens (primary N) is 1. The van der Waals surface area contributed by atoms with E-state index in [1.165, 1.54) is 17.3 Å². The molecular weight excluding hydrogens is 441 g/mol. The molecule has 3 heterocycles. The second kappa shape index (κ2) is 9.18. The van der Waals surface area contributed by atoms with Crippen molar-refractivity contribution in [3.8, 4) is 22.9 Å². The van der Waals surface area contributed by atoms with Crippen molar-refractivity contribution in [1.82, 2.24) is 19.9 Å². The molecule has 0 radical (unpaired) electrons. The molecule has 1 fully saturated rings. The van der Waals surface area contributed by atoms with Gasteiger partial charge in [-0.1, -0.05) is 0 Å². The molecule has 33 heavy (non-hydrogen) atoms. The van der Waals surface area contributed by atoms with Crippen LogP contribution in [-0.4, -0.2) is 50.2 Å². The van der Waals surface area contributed by atoms with Crippen LogP contribution in [0.2, 0.25) is 0 Å². The first-order valence-electron chi connectivity index (χ1n) is 9.97. The van der Waals surface area contributed by atoms with Gasteiger partial charge in [0.15, 0.2) is 17.4 Å². The van der Waals surface area contributed by atoms with Crippen molar-refractivity contribution >= 4 is 17.7 Å². The summed E-state index contributed by atoms with van der Waals surface area (Å²) in [6, 6.07) is 5.19. The highest BCUT2D eigenvalue weighted by Gasteiger charge is 2.24. The molecule has 2 aromatic heterocycles. The SMILES string of the molecule is Nc1c(F)cc(Oc2ncccc2-c2ccnc(N[C@H]3CCCN(C(=O)O)C3)n2)c(F)c1F. The number of hydrogen-bond acceptors (Lipinski definition) is 7. The topological polar surface area (TPSA) is 126 Å².